The first-order chi connectivity index (χ1) is 11.1. The van der Waals surface area contributed by atoms with Crippen LogP contribution >= 0.6 is 0 Å². The van der Waals surface area contributed by atoms with Crippen LogP contribution in [0.2, 0.25) is 0 Å². The quantitative estimate of drug-likeness (QED) is 0.439. The molecular formula is C15H16N4O4. The van der Waals surface area contributed by atoms with Gasteiger partial charge in [0, 0.05) is 12.5 Å². The standard InChI is InChI=1S/C15H16N4O4/c20-15(7-4-10-23-13-5-2-1-3-6-13)18-17-14-9-8-12(11-16-14)19(21)22/h1-3,5-6,8-9,11H,4,7,10H2,(H,16,17)(H,18,20). The number of hydrogen-bond acceptors (Lipinski definition) is 6. The summed E-state index contributed by atoms with van der Waals surface area (Å²) in [5, 5.41) is 10.5. The van der Waals surface area contributed by atoms with Gasteiger partial charge in [0.05, 0.1) is 11.5 Å². The molecule has 23 heavy (non-hydrogen) atoms. The van der Waals surface area contributed by atoms with Crippen molar-refractivity contribution >= 4 is 17.4 Å². The molecule has 0 fully saturated rings. The molecule has 0 aliphatic rings. The van der Waals surface area contributed by atoms with Gasteiger partial charge in [-0.1, -0.05) is 18.2 Å². The highest BCUT2D eigenvalue weighted by molar-refractivity contribution is 5.77. The number of ether oxygens (including phenoxy) is 1. The molecule has 0 aliphatic heterocycles. The van der Waals surface area contributed by atoms with E-state index >= 15 is 0 Å². The number of nitro groups is 1. The average molecular weight is 316 g/mol. The zero-order chi connectivity index (χ0) is 16.5. The van der Waals surface area contributed by atoms with E-state index in [0.717, 1.165) is 11.9 Å². The number of rotatable bonds is 8. The fourth-order valence-electron chi connectivity index (χ4n) is 1.70. The Morgan fingerprint density at radius 2 is 2.00 bits per heavy atom. The van der Waals surface area contributed by atoms with Crippen molar-refractivity contribution in [1.29, 1.82) is 0 Å². The maximum absolute atomic E-state index is 11.6. The van der Waals surface area contributed by atoms with Crippen LogP contribution in [0.25, 0.3) is 0 Å². The van der Waals surface area contributed by atoms with Crippen LogP contribution in [0.3, 0.4) is 0 Å². The number of anilines is 1. The number of nitrogens with one attached hydrogen (secondary N) is 2. The highest BCUT2D eigenvalue weighted by Gasteiger charge is 2.06. The van der Waals surface area contributed by atoms with Crippen LogP contribution in [0.15, 0.2) is 48.7 Å². The smallest absolute Gasteiger partial charge is 0.287 e. The highest BCUT2D eigenvalue weighted by Crippen LogP contribution is 2.11. The van der Waals surface area contributed by atoms with E-state index in [1.54, 1.807) is 0 Å². The number of aromatic nitrogens is 1. The summed E-state index contributed by atoms with van der Waals surface area (Å²) in [5.74, 6) is 0.868. The zero-order valence-electron chi connectivity index (χ0n) is 12.3. The zero-order valence-corrected chi connectivity index (χ0v) is 12.3. The Labute approximate surface area is 132 Å². The van der Waals surface area contributed by atoms with Crippen LogP contribution in [0.4, 0.5) is 11.5 Å². The molecule has 0 radical (unpaired) electrons. The number of nitrogens with zero attached hydrogens (tertiary/aromatic N) is 2. The second-order valence-corrected chi connectivity index (χ2v) is 4.60. The highest BCUT2D eigenvalue weighted by atomic mass is 16.6. The molecule has 2 aromatic rings. The van der Waals surface area contributed by atoms with Crippen molar-refractivity contribution in [2.24, 2.45) is 0 Å². The first-order valence-electron chi connectivity index (χ1n) is 6.98. The molecule has 2 rings (SSSR count). The predicted molar refractivity (Wildman–Crippen MR) is 83.8 cm³/mol. The van der Waals surface area contributed by atoms with Crippen LogP contribution < -0.4 is 15.6 Å². The number of hydrazine groups is 1. The lowest BCUT2D eigenvalue weighted by Crippen LogP contribution is -2.29. The predicted octanol–water partition coefficient (Wildman–Crippen LogP) is 2.29. The van der Waals surface area contributed by atoms with Gasteiger partial charge in [0.1, 0.15) is 17.8 Å². The van der Waals surface area contributed by atoms with Crippen LogP contribution in [0.5, 0.6) is 5.75 Å². The molecule has 0 saturated carbocycles. The van der Waals surface area contributed by atoms with Crippen molar-refractivity contribution in [3.8, 4) is 5.75 Å². The van der Waals surface area contributed by atoms with Crippen molar-refractivity contribution in [2.45, 2.75) is 12.8 Å². The monoisotopic (exact) mass is 316 g/mol. The van der Waals surface area contributed by atoms with Gasteiger partial charge in [-0.3, -0.25) is 25.8 Å². The number of amides is 1. The van der Waals surface area contributed by atoms with E-state index in [4.69, 9.17) is 4.74 Å². The van der Waals surface area contributed by atoms with E-state index in [-0.39, 0.29) is 18.0 Å². The van der Waals surface area contributed by atoms with Gasteiger partial charge in [-0.15, -0.1) is 0 Å². The number of carbonyl (C=O) groups excluding carboxylic acids is 1. The number of hydrogen-bond donors (Lipinski definition) is 2. The van der Waals surface area contributed by atoms with Gasteiger partial charge in [0.25, 0.3) is 5.69 Å². The Hall–Kier alpha value is -3.16. The Morgan fingerprint density at radius 3 is 2.65 bits per heavy atom. The summed E-state index contributed by atoms with van der Waals surface area (Å²) in [6.45, 7) is 0.438. The minimum atomic E-state index is -0.540. The van der Waals surface area contributed by atoms with Crippen LogP contribution in [0, 0.1) is 10.1 Å². The SMILES string of the molecule is O=C(CCCOc1ccccc1)NNc1ccc([N+](=O)[O-])cn1. The fraction of sp³-hybridized carbons (Fsp3) is 0.200. The van der Waals surface area contributed by atoms with Crippen molar-refractivity contribution in [3.05, 3.63) is 58.8 Å². The van der Waals surface area contributed by atoms with Crippen molar-refractivity contribution in [1.82, 2.24) is 10.4 Å². The third kappa shape index (κ3) is 5.62. The summed E-state index contributed by atoms with van der Waals surface area (Å²) in [4.78, 5) is 25.4. The summed E-state index contributed by atoms with van der Waals surface area (Å²) in [7, 11) is 0. The molecule has 1 heterocycles. The largest absolute Gasteiger partial charge is 0.494 e. The lowest BCUT2D eigenvalue weighted by atomic mass is 10.3. The molecule has 1 aromatic heterocycles. The van der Waals surface area contributed by atoms with Gasteiger partial charge in [0.2, 0.25) is 5.91 Å². The second kappa shape index (κ2) is 8.32. The average Bonchev–Trinajstić information content (AvgIpc) is 2.58. The third-order valence-electron chi connectivity index (χ3n) is 2.85. The molecule has 120 valence electrons. The van der Waals surface area contributed by atoms with Crippen LogP contribution in [0.1, 0.15) is 12.8 Å². The number of pyridine rings is 1. The van der Waals surface area contributed by atoms with Crippen LogP contribution in [-0.2, 0) is 4.79 Å². The second-order valence-electron chi connectivity index (χ2n) is 4.60. The van der Waals surface area contributed by atoms with E-state index in [9.17, 15) is 14.9 Å². The lowest BCUT2D eigenvalue weighted by Gasteiger charge is -2.08. The normalized spacial score (nSPS) is 9.91. The minimum Gasteiger partial charge on any atom is -0.494 e. The van der Waals surface area contributed by atoms with Gasteiger partial charge in [-0.05, 0) is 24.6 Å². The molecule has 0 aliphatic carbocycles. The van der Waals surface area contributed by atoms with Gasteiger partial charge in [0.15, 0.2) is 0 Å². The Balaban J connectivity index is 1.64. The number of carbonyl (C=O) groups is 1. The topological polar surface area (TPSA) is 106 Å². The minimum absolute atomic E-state index is 0.111. The third-order valence-corrected chi connectivity index (χ3v) is 2.85. The van der Waals surface area contributed by atoms with Crippen molar-refractivity contribution in [3.63, 3.8) is 0 Å². The van der Waals surface area contributed by atoms with E-state index in [1.807, 2.05) is 30.3 Å². The summed E-state index contributed by atoms with van der Waals surface area (Å²) in [6.07, 6.45) is 1.96. The Bertz CT molecular complexity index is 646. The molecule has 8 nitrogen and oxygen atoms in total. The van der Waals surface area contributed by atoms with Crippen molar-refractivity contribution in [2.75, 3.05) is 12.0 Å². The molecule has 0 unspecified atom stereocenters. The van der Waals surface area contributed by atoms with E-state index in [1.165, 1.54) is 12.1 Å². The Kier molecular flexibility index (Phi) is 5.87. The van der Waals surface area contributed by atoms with Gasteiger partial charge < -0.3 is 4.74 Å². The van der Waals surface area contributed by atoms with Crippen molar-refractivity contribution < 1.29 is 14.5 Å². The molecule has 0 spiro atoms. The molecule has 0 bridgehead atoms. The van der Waals surface area contributed by atoms with Gasteiger partial charge in [-0.25, -0.2) is 4.98 Å². The molecule has 0 atom stereocenters. The van der Waals surface area contributed by atoms with Gasteiger partial charge >= 0.3 is 0 Å². The summed E-state index contributed by atoms with van der Waals surface area (Å²) in [5.41, 5.74) is 4.95. The molecule has 8 heteroatoms. The first-order valence-corrected chi connectivity index (χ1v) is 6.98. The number of benzene rings is 1. The summed E-state index contributed by atoms with van der Waals surface area (Å²) >= 11 is 0. The maximum Gasteiger partial charge on any atom is 0.287 e. The fourth-order valence-corrected chi connectivity index (χ4v) is 1.70. The lowest BCUT2D eigenvalue weighted by molar-refractivity contribution is -0.385. The first kappa shape index (κ1) is 16.2. The molecule has 2 N–H and O–H groups in total. The summed E-state index contributed by atoms with van der Waals surface area (Å²) in [6, 6.07) is 12.1. The molecular weight excluding hydrogens is 300 g/mol. The van der Waals surface area contributed by atoms with E-state index in [0.29, 0.717) is 18.8 Å². The van der Waals surface area contributed by atoms with E-state index < -0.39 is 4.92 Å². The Morgan fingerprint density at radius 1 is 1.22 bits per heavy atom. The molecule has 1 amide bonds. The number of para-hydroxylation sites is 1. The van der Waals surface area contributed by atoms with Crippen LogP contribution in [-0.4, -0.2) is 22.4 Å². The van der Waals surface area contributed by atoms with E-state index in [2.05, 4.69) is 15.8 Å². The summed E-state index contributed by atoms with van der Waals surface area (Å²) < 4.78 is 5.48. The molecule has 0 saturated heterocycles. The molecule has 1 aromatic carbocycles. The van der Waals surface area contributed by atoms with Gasteiger partial charge in [-0.2, -0.15) is 0 Å². The maximum atomic E-state index is 11.6.